The Balaban J connectivity index is 2.99. The van der Waals surface area contributed by atoms with Crippen molar-refractivity contribution in [2.45, 2.75) is 6.43 Å². The van der Waals surface area contributed by atoms with Gasteiger partial charge in [-0.3, -0.25) is 9.59 Å². The molecule has 0 aliphatic carbocycles. The molecule has 0 atom stereocenters. The molecule has 0 heterocycles. The molecule has 0 fully saturated rings. The predicted octanol–water partition coefficient (Wildman–Crippen LogP) is 1.64. The molecule has 86 valence electrons. The fourth-order valence-corrected chi connectivity index (χ4v) is 1.13. The fraction of sp³-hybridized carbons (Fsp3) is 0.111. The molecule has 0 saturated carbocycles. The molecule has 0 radical (unpaired) electrons. The van der Waals surface area contributed by atoms with Gasteiger partial charge in [-0.1, -0.05) is 11.6 Å². The van der Waals surface area contributed by atoms with E-state index < -0.39 is 18.2 Å². The number of nitrogens with two attached hydrogens (primary N) is 1. The van der Waals surface area contributed by atoms with Gasteiger partial charge in [0.2, 0.25) is 5.91 Å². The third kappa shape index (κ3) is 2.90. The van der Waals surface area contributed by atoms with Crippen molar-refractivity contribution in [1.82, 2.24) is 0 Å². The molecule has 0 saturated heterocycles. The summed E-state index contributed by atoms with van der Waals surface area (Å²) in [6.07, 6.45) is -3.16. The molecule has 1 rings (SSSR count). The first kappa shape index (κ1) is 12.4. The number of alkyl halides is 2. The van der Waals surface area contributed by atoms with Crippen molar-refractivity contribution >= 4 is 29.1 Å². The topological polar surface area (TPSA) is 72.2 Å². The Labute approximate surface area is 94.4 Å². The van der Waals surface area contributed by atoms with Crippen molar-refractivity contribution in [2.24, 2.45) is 5.73 Å². The molecule has 0 bridgehead atoms. The number of amides is 2. The zero-order valence-corrected chi connectivity index (χ0v) is 8.59. The van der Waals surface area contributed by atoms with Gasteiger partial charge >= 0.3 is 6.43 Å². The Morgan fingerprint density at radius 3 is 2.50 bits per heavy atom. The number of anilines is 1. The van der Waals surface area contributed by atoms with E-state index >= 15 is 0 Å². The maximum atomic E-state index is 12.0. The predicted molar refractivity (Wildman–Crippen MR) is 54.6 cm³/mol. The third-order valence-electron chi connectivity index (χ3n) is 1.71. The highest BCUT2D eigenvalue weighted by atomic mass is 35.5. The molecular weight excluding hydrogens is 242 g/mol. The van der Waals surface area contributed by atoms with Crippen LogP contribution in [0.4, 0.5) is 14.5 Å². The Kier molecular flexibility index (Phi) is 3.78. The van der Waals surface area contributed by atoms with Gasteiger partial charge in [0, 0.05) is 5.56 Å². The SMILES string of the molecule is NC(=O)c1ccc(Cl)c(NC(=O)C(F)F)c1. The first-order chi connectivity index (χ1) is 7.41. The molecule has 2 amide bonds. The number of nitrogens with one attached hydrogen (secondary N) is 1. The summed E-state index contributed by atoms with van der Waals surface area (Å²) < 4.78 is 23.9. The maximum Gasteiger partial charge on any atom is 0.315 e. The highest BCUT2D eigenvalue weighted by Crippen LogP contribution is 2.23. The summed E-state index contributed by atoms with van der Waals surface area (Å²) in [5, 5.41) is 1.92. The Bertz CT molecular complexity index is 438. The highest BCUT2D eigenvalue weighted by molar-refractivity contribution is 6.33. The summed E-state index contributed by atoms with van der Waals surface area (Å²) in [4.78, 5) is 21.5. The average molecular weight is 249 g/mol. The Morgan fingerprint density at radius 2 is 2.00 bits per heavy atom. The van der Waals surface area contributed by atoms with Crippen LogP contribution in [-0.4, -0.2) is 18.2 Å². The standard InChI is InChI=1S/C9H7ClF2N2O2/c10-5-2-1-4(8(13)15)3-6(5)14-9(16)7(11)12/h1-3,7H,(H2,13,15)(H,14,16). The van der Waals surface area contributed by atoms with Crippen LogP contribution in [0.5, 0.6) is 0 Å². The van der Waals surface area contributed by atoms with Crippen molar-refractivity contribution in [3.8, 4) is 0 Å². The van der Waals surface area contributed by atoms with Crippen LogP contribution in [0, 0.1) is 0 Å². The molecule has 4 nitrogen and oxygen atoms in total. The van der Waals surface area contributed by atoms with E-state index in [4.69, 9.17) is 17.3 Å². The number of primary amides is 1. The molecule has 1 aromatic rings. The van der Waals surface area contributed by atoms with Crippen LogP contribution in [0.3, 0.4) is 0 Å². The molecule has 7 heteroatoms. The summed E-state index contributed by atoms with van der Waals surface area (Å²) in [5.41, 5.74) is 4.96. The normalized spacial score (nSPS) is 10.2. The first-order valence-electron chi connectivity index (χ1n) is 4.10. The summed E-state index contributed by atoms with van der Waals surface area (Å²) >= 11 is 5.64. The number of halogens is 3. The Morgan fingerprint density at radius 1 is 1.38 bits per heavy atom. The number of carbonyl (C=O) groups is 2. The number of benzene rings is 1. The van der Waals surface area contributed by atoms with Crippen molar-refractivity contribution in [2.75, 3.05) is 5.32 Å². The summed E-state index contributed by atoms with van der Waals surface area (Å²) in [5.74, 6) is -2.24. The van der Waals surface area contributed by atoms with Gasteiger partial charge in [-0.05, 0) is 18.2 Å². The molecule has 3 N–H and O–H groups in total. The highest BCUT2D eigenvalue weighted by Gasteiger charge is 2.17. The number of rotatable bonds is 3. The number of hydrogen-bond acceptors (Lipinski definition) is 2. The summed E-state index contributed by atoms with van der Waals surface area (Å²) in [6, 6.07) is 3.73. The van der Waals surface area contributed by atoms with E-state index in [2.05, 4.69) is 0 Å². The number of carbonyl (C=O) groups excluding carboxylic acids is 2. The second-order valence-electron chi connectivity index (χ2n) is 2.85. The van der Waals surface area contributed by atoms with Crippen molar-refractivity contribution in [3.05, 3.63) is 28.8 Å². The minimum Gasteiger partial charge on any atom is -0.366 e. The lowest BCUT2D eigenvalue weighted by atomic mass is 10.2. The third-order valence-corrected chi connectivity index (χ3v) is 2.04. The lowest BCUT2D eigenvalue weighted by Crippen LogP contribution is -2.21. The summed E-state index contributed by atoms with van der Waals surface area (Å²) in [7, 11) is 0. The quantitative estimate of drug-likeness (QED) is 0.854. The molecular formula is C9H7ClF2N2O2. The van der Waals surface area contributed by atoms with E-state index in [1.54, 1.807) is 0 Å². The van der Waals surface area contributed by atoms with Gasteiger partial charge in [0.1, 0.15) is 0 Å². The molecule has 0 spiro atoms. The fourth-order valence-electron chi connectivity index (χ4n) is 0.962. The van der Waals surface area contributed by atoms with Crippen molar-refractivity contribution in [1.29, 1.82) is 0 Å². The van der Waals surface area contributed by atoms with Gasteiger partial charge in [-0.15, -0.1) is 0 Å². The lowest BCUT2D eigenvalue weighted by Gasteiger charge is -2.07. The summed E-state index contributed by atoms with van der Waals surface area (Å²) in [6.45, 7) is 0. The largest absolute Gasteiger partial charge is 0.366 e. The van der Waals surface area contributed by atoms with Crippen LogP contribution in [-0.2, 0) is 4.79 Å². The zero-order valence-electron chi connectivity index (χ0n) is 7.84. The van der Waals surface area contributed by atoms with E-state index in [1.807, 2.05) is 5.32 Å². The van der Waals surface area contributed by atoms with Gasteiger partial charge in [0.05, 0.1) is 10.7 Å². The first-order valence-corrected chi connectivity index (χ1v) is 4.48. The van der Waals surface area contributed by atoms with E-state index in [0.29, 0.717) is 0 Å². The molecule has 16 heavy (non-hydrogen) atoms. The van der Waals surface area contributed by atoms with Crippen LogP contribution < -0.4 is 11.1 Å². The minimum absolute atomic E-state index is 0.0407. The molecule has 0 unspecified atom stereocenters. The molecule has 0 aliphatic heterocycles. The van der Waals surface area contributed by atoms with Crippen LogP contribution in [0.2, 0.25) is 5.02 Å². The van der Waals surface area contributed by atoms with E-state index in [-0.39, 0.29) is 16.3 Å². The van der Waals surface area contributed by atoms with Crippen molar-refractivity contribution in [3.63, 3.8) is 0 Å². The van der Waals surface area contributed by atoms with Crippen LogP contribution in [0.1, 0.15) is 10.4 Å². The van der Waals surface area contributed by atoms with Gasteiger partial charge < -0.3 is 11.1 Å². The Hall–Kier alpha value is -1.69. The maximum absolute atomic E-state index is 12.0. The van der Waals surface area contributed by atoms with Gasteiger partial charge in [-0.25, -0.2) is 0 Å². The van der Waals surface area contributed by atoms with Crippen LogP contribution >= 0.6 is 11.6 Å². The van der Waals surface area contributed by atoms with E-state index in [0.717, 1.165) is 6.07 Å². The minimum atomic E-state index is -3.16. The zero-order chi connectivity index (χ0) is 12.3. The van der Waals surface area contributed by atoms with Gasteiger partial charge in [0.25, 0.3) is 5.91 Å². The van der Waals surface area contributed by atoms with Gasteiger partial charge in [-0.2, -0.15) is 8.78 Å². The average Bonchev–Trinajstić information content (AvgIpc) is 2.20. The number of hydrogen-bond donors (Lipinski definition) is 2. The van der Waals surface area contributed by atoms with Crippen LogP contribution in [0.25, 0.3) is 0 Å². The van der Waals surface area contributed by atoms with Crippen molar-refractivity contribution < 1.29 is 18.4 Å². The smallest absolute Gasteiger partial charge is 0.315 e. The lowest BCUT2D eigenvalue weighted by molar-refractivity contribution is -0.126. The molecule has 1 aromatic carbocycles. The van der Waals surface area contributed by atoms with E-state index in [1.165, 1.54) is 12.1 Å². The second kappa shape index (κ2) is 4.89. The second-order valence-corrected chi connectivity index (χ2v) is 3.26. The van der Waals surface area contributed by atoms with Crippen LogP contribution in [0.15, 0.2) is 18.2 Å². The molecule has 0 aromatic heterocycles. The monoisotopic (exact) mass is 248 g/mol. The van der Waals surface area contributed by atoms with E-state index in [9.17, 15) is 18.4 Å². The van der Waals surface area contributed by atoms with Gasteiger partial charge in [0.15, 0.2) is 0 Å². The molecule has 0 aliphatic rings.